The van der Waals surface area contributed by atoms with E-state index in [9.17, 15) is 0 Å². The zero-order valence-corrected chi connectivity index (χ0v) is 30.5. The molecule has 2 aromatic heterocycles. The SMILES string of the molecule is c1ccc(-c2ccc(-c3cc(-c4ccccc4)nc(-c4ccc(-c5ccc(-c6cc(-c7ccccc7)nc7ccc8ccccc8c67)cc5)cc4)n3)cc2)cc1. The molecule has 2 heterocycles. The second kappa shape index (κ2) is 14.4. The fourth-order valence-electron chi connectivity index (χ4n) is 7.59. The van der Waals surface area contributed by atoms with Crippen molar-refractivity contribution in [2.24, 2.45) is 0 Å². The van der Waals surface area contributed by atoms with Gasteiger partial charge in [0.2, 0.25) is 0 Å². The molecule has 262 valence electrons. The zero-order chi connectivity index (χ0) is 37.3. The fraction of sp³-hybridized carbons (Fsp3) is 0. The standard InChI is InChI=1S/C53H35N3/c1-4-12-36(13-5-1)37-22-28-44(29-23-37)51-35-50(43-17-8-3-9-18-43)55-53(56-51)45-30-24-39(25-31-45)38-20-26-41(27-21-38)47-34-49(42-15-6-2-7-16-42)54-48-33-32-40-14-10-11-19-46(40)52(47)48/h1-35H. The van der Waals surface area contributed by atoms with Crippen molar-refractivity contribution in [3.63, 3.8) is 0 Å². The van der Waals surface area contributed by atoms with Crippen molar-refractivity contribution in [3.05, 3.63) is 212 Å². The maximum absolute atomic E-state index is 5.13. The van der Waals surface area contributed by atoms with Crippen molar-refractivity contribution in [2.75, 3.05) is 0 Å². The van der Waals surface area contributed by atoms with Crippen LogP contribution in [0, 0.1) is 0 Å². The minimum absolute atomic E-state index is 0.696. The minimum Gasteiger partial charge on any atom is -0.248 e. The molecule has 0 atom stereocenters. The van der Waals surface area contributed by atoms with Crippen LogP contribution >= 0.6 is 0 Å². The summed E-state index contributed by atoms with van der Waals surface area (Å²) >= 11 is 0. The van der Waals surface area contributed by atoms with Crippen LogP contribution in [0.4, 0.5) is 0 Å². The van der Waals surface area contributed by atoms with Gasteiger partial charge in [-0.15, -0.1) is 0 Å². The van der Waals surface area contributed by atoms with E-state index in [1.807, 2.05) is 30.3 Å². The molecule has 0 aliphatic rings. The van der Waals surface area contributed by atoms with Crippen LogP contribution < -0.4 is 0 Å². The van der Waals surface area contributed by atoms with Gasteiger partial charge in [0, 0.05) is 27.6 Å². The van der Waals surface area contributed by atoms with Crippen LogP contribution in [0.15, 0.2) is 212 Å². The van der Waals surface area contributed by atoms with Crippen LogP contribution in [0.5, 0.6) is 0 Å². The van der Waals surface area contributed by atoms with Crippen LogP contribution in [0.25, 0.3) is 100 Å². The predicted molar refractivity (Wildman–Crippen MR) is 233 cm³/mol. The Morgan fingerprint density at radius 1 is 0.268 bits per heavy atom. The molecule has 0 radical (unpaired) electrons. The van der Waals surface area contributed by atoms with Crippen molar-refractivity contribution in [3.8, 4) is 78.5 Å². The molecule has 0 amide bonds. The Bertz CT molecular complexity index is 2960. The quantitative estimate of drug-likeness (QED) is 0.154. The molecule has 0 aliphatic heterocycles. The monoisotopic (exact) mass is 713 g/mol. The van der Waals surface area contributed by atoms with Gasteiger partial charge in [0.15, 0.2) is 5.82 Å². The summed E-state index contributed by atoms with van der Waals surface area (Å²) in [5.41, 5.74) is 14.9. The van der Waals surface area contributed by atoms with Crippen LogP contribution in [0.3, 0.4) is 0 Å². The average molecular weight is 714 g/mol. The van der Waals surface area contributed by atoms with E-state index in [-0.39, 0.29) is 0 Å². The number of rotatable bonds is 7. The molecular formula is C53H35N3. The Balaban J connectivity index is 0.996. The number of hydrogen-bond donors (Lipinski definition) is 0. The van der Waals surface area contributed by atoms with E-state index in [1.165, 1.54) is 32.8 Å². The lowest BCUT2D eigenvalue weighted by Gasteiger charge is -2.14. The summed E-state index contributed by atoms with van der Waals surface area (Å²) in [5.74, 6) is 0.696. The summed E-state index contributed by atoms with van der Waals surface area (Å²) in [5, 5.41) is 3.58. The van der Waals surface area contributed by atoms with E-state index < -0.39 is 0 Å². The van der Waals surface area contributed by atoms with E-state index in [2.05, 4.69) is 182 Å². The molecule has 0 N–H and O–H groups in total. The third kappa shape index (κ3) is 6.42. The van der Waals surface area contributed by atoms with Crippen LogP contribution in [0.1, 0.15) is 0 Å². The fourth-order valence-corrected chi connectivity index (χ4v) is 7.59. The van der Waals surface area contributed by atoms with Gasteiger partial charge in [0.25, 0.3) is 0 Å². The van der Waals surface area contributed by atoms with Gasteiger partial charge in [-0.2, -0.15) is 0 Å². The smallest absolute Gasteiger partial charge is 0.160 e. The first-order valence-electron chi connectivity index (χ1n) is 18.9. The highest BCUT2D eigenvalue weighted by atomic mass is 14.9. The first-order chi connectivity index (χ1) is 27.7. The maximum Gasteiger partial charge on any atom is 0.160 e. The van der Waals surface area contributed by atoms with Crippen molar-refractivity contribution in [1.82, 2.24) is 15.0 Å². The third-order valence-electron chi connectivity index (χ3n) is 10.5. The molecule has 8 aromatic carbocycles. The summed E-state index contributed by atoms with van der Waals surface area (Å²) in [7, 11) is 0. The Morgan fingerprint density at radius 2 is 0.679 bits per heavy atom. The van der Waals surface area contributed by atoms with Gasteiger partial charge in [-0.05, 0) is 62.4 Å². The molecule has 0 fully saturated rings. The lowest BCUT2D eigenvalue weighted by atomic mass is 9.93. The number of hydrogen-bond acceptors (Lipinski definition) is 3. The minimum atomic E-state index is 0.696. The molecule has 0 unspecified atom stereocenters. The first kappa shape index (κ1) is 33.1. The van der Waals surface area contributed by atoms with Crippen molar-refractivity contribution in [2.45, 2.75) is 0 Å². The molecule has 0 saturated heterocycles. The molecule has 0 spiro atoms. The van der Waals surface area contributed by atoms with E-state index >= 15 is 0 Å². The second-order valence-electron chi connectivity index (χ2n) is 14.0. The van der Waals surface area contributed by atoms with Crippen molar-refractivity contribution < 1.29 is 0 Å². The molecule has 3 heteroatoms. The summed E-state index contributed by atoms with van der Waals surface area (Å²) in [6.45, 7) is 0. The summed E-state index contributed by atoms with van der Waals surface area (Å²) in [6.07, 6.45) is 0. The van der Waals surface area contributed by atoms with E-state index in [0.717, 1.165) is 61.5 Å². The summed E-state index contributed by atoms with van der Waals surface area (Å²) in [6, 6.07) is 74.5. The zero-order valence-electron chi connectivity index (χ0n) is 30.5. The highest BCUT2D eigenvalue weighted by molar-refractivity contribution is 6.13. The van der Waals surface area contributed by atoms with Gasteiger partial charge in [-0.25, -0.2) is 15.0 Å². The van der Waals surface area contributed by atoms with Gasteiger partial charge < -0.3 is 0 Å². The molecule has 10 aromatic rings. The van der Waals surface area contributed by atoms with Gasteiger partial charge in [-0.1, -0.05) is 194 Å². The second-order valence-corrected chi connectivity index (χ2v) is 14.0. The van der Waals surface area contributed by atoms with Gasteiger partial charge in [0.05, 0.1) is 22.6 Å². The molecule has 10 rings (SSSR count). The molecule has 0 bridgehead atoms. The number of pyridine rings is 1. The topological polar surface area (TPSA) is 38.7 Å². The van der Waals surface area contributed by atoms with Crippen molar-refractivity contribution >= 4 is 21.7 Å². The number of aromatic nitrogens is 3. The van der Waals surface area contributed by atoms with E-state index in [0.29, 0.717) is 5.82 Å². The lowest BCUT2D eigenvalue weighted by molar-refractivity contribution is 1.18. The summed E-state index contributed by atoms with van der Waals surface area (Å²) < 4.78 is 0. The van der Waals surface area contributed by atoms with E-state index in [4.69, 9.17) is 15.0 Å². The van der Waals surface area contributed by atoms with Crippen LogP contribution in [-0.4, -0.2) is 15.0 Å². The highest BCUT2D eigenvalue weighted by Crippen LogP contribution is 2.38. The molecule has 0 saturated carbocycles. The molecule has 0 aliphatic carbocycles. The largest absolute Gasteiger partial charge is 0.248 e. The Morgan fingerprint density at radius 3 is 1.25 bits per heavy atom. The number of benzene rings is 8. The number of nitrogens with zero attached hydrogens (tertiary/aromatic N) is 3. The highest BCUT2D eigenvalue weighted by Gasteiger charge is 2.14. The normalized spacial score (nSPS) is 11.2. The van der Waals surface area contributed by atoms with E-state index in [1.54, 1.807) is 0 Å². The van der Waals surface area contributed by atoms with Crippen LogP contribution in [-0.2, 0) is 0 Å². The first-order valence-corrected chi connectivity index (χ1v) is 18.9. The molecule has 3 nitrogen and oxygen atoms in total. The van der Waals surface area contributed by atoms with Gasteiger partial charge in [-0.3, -0.25) is 0 Å². The lowest BCUT2D eigenvalue weighted by Crippen LogP contribution is -1.96. The number of fused-ring (bicyclic) bond motifs is 3. The Kier molecular flexibility index (Phi) is 8.51. The van der Waals surface area contributed by atoms with Gasteiger partial charge in [0.1, 0.15) is 0 Å². The van der Waals surface area contributed by atoms with Crippen LogP contribution in [0.2, 0.25) is 0 Å². The third-order valence-corrected chi connectivity index (χ3v) is 10.5. The Labute approximate surface area is 326 Å². The van der Waals surface area contributed by atoms with Crippen molar-refractivity contribution in [1.29, 1.82) is 0 Å². The molecular weight excluding hydrogens is 679 g/mol. The maximum atomic E-state index is 5.13. The predicted octanol–water partition coefficient (Wildman–Crippen LogP) is 13.8. The Hall–Kier alpha value is -7.49. The van der Waals surface area contributed by atoms with Gasteiger partial charge >= 0.3 is 0 Å². The summed E-state index contributed by atoms with van der Waals surface area (Å²) in [4.78, 5) is 15.3. The average Bonchev–Trinajstić information content (AvgIpc) is 3.29. The molecule has 56 heavy (non-hydrogen) atoms.